The van der Waals surface area contributed by atoms with Crippen LogP contribution in [0.2, 0.25) is 5.02 Å². The summed E-state index contributed by atoms with van der Waals surface area (Å²) < 4.78 is 29.2. The molecule has 2 heterocycles. The standard InChI is InChI=1S/C21H22ClN5O3S2/c1-15-6-8-16(9-7-15)20-23-24-21(31)27(20)14-19(28)25-10-12-26(13-11-25)32(29,30)18-5-3-2-4-17(18)22/h2-9H,10-14H2,1H3,(H,24,31). The Hall–Kier alpha value is -2.53. The maximum absolute atomic E-state index is 13.0. The van der Waals surface area contributed by atoms with Crippen LogP contribution in [0.4, 0.5) is 0 Å². The van der Waals surface area contributed by atoms with Crippen molar-refractivity contribution in [2.24, 2.45) is 0 Å². The summed E-state index contributed by atoms with van der Waals surface area (Å²) in [5, 5.41) is 7.21. The molecular formula is C21H22ClN5O3S2. The maximum atomic E-state index is 13.0. The third-order valence-corrected chi connectivity index (χ3v) is 8.12. The molecule has 1 amide bonds. The Kier molecular flexibility index (Phi) is 6.47. The SMILES string of the molecule is Cc1ccc(-c2n[nH]c(=S)n2CC(=O)N2CCN(S(=O)(=O)c3ccccc3Cl)CC2)cc1. The monoisotopic (exact) mass is 491 g/mol. The van der Waals surface area contributed by atoms with Gasteiger partial charge in [-0.15, -0.1) is 0 Å². The van der Waals surface area contributed by atoms with Gasteiger partial charge < -0.3 is 4.90 Å². The molecule has 11 heteroatoms. The van der Waals surface area contributed by atoms with Crippen LogP contribution < -0.4 is 0 Å². The number of hydrogen-bond donors (Lipinski definition) is 1. The normalized spacial score (nSPS) is 15.1. The number of carbonyl (C=O) groups is 1. The Labute approximate surface area is 196 Å². The van der Waals surface area contributed by atoms with Crippen LogP contribution in [0.3, 0.4) is 0 Å². The van der Waals surface area contributed by atoms with Crippen LogP contribution in [0.25, 0.3) is 11.4 Å². The molecule has 2 aromatic carbocycles. The number of benzene rings is 2. The van der Waals surface area contributed by atoms with Crippen LogP contribution in [0.1, 0.15) is 5.56 Å². The zero-order valence-electron chi connectivity index (χ0n) is 17.4. The largest absolute Gasteiger partial charge is 0.338 e. The fourth-order valence-electron chi connectivity index (χ4n) is 3.59. The number of piperazine rings is 1. The molecule has 1 saturated heterocycles. The lowest BCUT2D eigenvalue weighted by Gasteiger charge is -2.34. The van der Waals surface area contributed by atoms with E-state index in [2.05, 4.69) is 10.2 Å². The molecule has 1 N–H and O–H groups in total. The molecule has 0 spiro atoms. The van der Waals surface area contributed by atoms with Gasteiger partial charge in [-0.2, -0.15) is 9.40 Å². The van der Waals surface area contributed by atoms with Gasteiger partial charge in [-0.25, -0.2) is 8.42 Å². The van der Waals surface area contributed by atoms with Gasteiger partial charge in [-0.05, 0) is 31.3 Å². The van der Waals surface area contributed by atoms with Crippen molar-refractivity contribution in [3.05, 3.63) is 63.9 Å². The van der Waals surface area contributed by atoms with Crippen molar-refractivity contribution < 1.29 is 13.2 Å². The zero-order chi connectivity index (χ0) is 22.9. The molecule has 8 nitrogen and oxygen atoms in total. The molecule has 1 aliphatic rings. The van der Waals surface area contributed by atoms with Crippen LogP contribution >= 0.6 is 23.8 Å². The second-order valence-corrected chi connectivity index (χ2v) is 10.2. The summed E-state index contributed by atoms with van der Waals surface area (Å²) >= 11 is 11.4. The first-order valence-corrected chi connectivity index (χ1v) is 12.2. The summed E-state index contributed by atoms with van der Waals surface area (Å²) in [5.41, 5.74) is 1.97. The molecule has 3 aromatic rings. The topological polar surface area (TPSA) is 91.3 Å². The highest BCUT2D eigenvalue weighted by molar-refractivity contribution is 7.89. The Morgan fingerprint density at radius 3 is 2.41 bits per heavy atom. The molecule has 168 valence electrons. The second-order valence-electron chi connectivity index (χ2n) is 7.52. The van der Waals surface area contributed by atoms with Crippen molar-refractivity contribution in [3.63, 3.8) is 0 Å². The summed E-state index contributed by atoms with van der Waals surface area (Å²) in [6.45, 7) is 2.98. The highest BCUT2D eigenvalue weighted by atomic mass is 35.5. The molecule has 4 rings (SSSR count). The molecule has 0 radical (unpaired) electrons. The number of H-pyrrole nitrogens is 1. The van der Waals surface area contributed by atoms with Crippen LogP contribution in [-0.2, 0) is 21.4 Å². The van der Waals surface area contributed by atoms with Crippen molar-refractivity contribution in [2.45, 2.75) is 18.4 Å². The molecule has 0 aliphatic carbocycles. The van der Waals surface area contributed by atoms with Gasteiger partial charge in [0.25, 0.3) is 0 Å². The van der Waals surface area contributed by atoms with E-state index in [0.717, 1.165) is 11.1 Å². The molecule has 0 bridgehead atoms. The number of nitrogens with one attached hydrogen (secondary N) is 1. The van der Waals surface area contributed by atoms with E-state index >= 15 is 0 Å². The van der Waals surface area contributed by atoms with Gasteiger partial charge >= 0.3 is 0 Å². The number of aromatic nitrogens is 3. The van der Waals surface area contributed by atoms with E-state index in [4.69, 9.17) is 23.8 Å². The van der Waals surface area contributed by atoms with E-state index in [-0.39, 0.29) is 48.5 Å². The molecule has 0 atom stereocenters. The van der Waals surface area contributed by atoms with E-state index in [1.807, 2.05) is 31.2 Å². The second kappa shape index (κ2) is 9.14. The van der Waals surface area contributed by atoms with Crippen LogP contribution in [0, 0.1) is 11.7 Å². The van der Waals surface area contributed by atoms with E-state index in [9.17, 15) is 13.2 Å². The quantitative estimate of drug-likeness (QED) is 0.554. The zero-order valence-corrected chi connectivity index (χ0v) is 19.8. The molecule has 0 saturated carbocycles. The van der Waals surface area contributed by atoms with Crippen LogP contribution in [0.5, 0.6) is 0 Å². The average molecular weight is 492 g/mol. The Morgan fingerprint density at radius 1 is 1.09 bits per heavy atom. The van der Waals surface area contributed by atoms with Crippen molar-refractivity contribution in [1.29, 1.82) is 0 Å². The molecule has 0 unspecified atom stereocenters. The molecule has 32 heavy (non-hydrogen) atoms. The predicted octanol–water partition coefficient (Wildman–Crippen LogP) is 3.10. The number of rotatable bonds is 5. The van der Waals surface area contributed by atoms with E-state index < -0.39 is 10.0 Å². The maximum Gasteiger partial charge on any atom is 0.244 e. The first kappa shape index (κ1) is 22.7. The lowest BCUT2D eigenvalue weighted by Crippen LogP contribution is -2.51. The number of aromatic amines is 1. The Bertz CT molecular complexity index is 1290. The first-order valence-electron chi connectivity index (χ1n) is 10.0. The van der Waals surface area contributed by atoms with Gasteiger partial charge in [0.1, 0.15) is 11.4 Å². The van der Waals surface area contributed by atoms with E-state index in [1.165, 1.54) is 10.4 Å². The number of hydrogen-bond acceptors (Lipinski definition) is 5. The van der Waals surface area contributed by atoms with Gasteiger partial charge in [-0.1, -0.05) is 53.6 Å². The van der Waals surface area contributed by atoms with Crippen molar-refractivity contribution in [1.82, 2.24) is 24.0 Å². The fourth-order valence-corrected chi connectivity index (χ4v) is 5.71. The smallest absolute Gasteiger partial charge is 0.244 e. The minimum Gasteiger partial charge on any atom is -0.338 e. The van der Waals surface area contributed by atoms with Gasteiger partial charge in [0.2, 0.25) is 15.9 Å². The van der Waals surface area contributed by atoms with Crippen molar-refractivity contribution >= 4 is 39.7 Å². The van der Waals surface area contributed by atoms with Gasteiger partial charge in [0, 0.05) is 31.7 Å². The number of amides is 1. The Morgan fingerprint density at radius 2 is 1.75 bits per heavy atom. The van der Waals surface area contributed by atoms with Gasteiger partial charge in [0.05, 0.1) is 5.02 Å². The molecular weight excluding hydrogens is 470 g/mol. The van der Waals surface area contributed by atoms with Crippen LogP contribution in [-0.4, -0.2) is 64.5 Å². The summed E-state index contributed by atoms with van der Waals surface area (Å²) in [6, 6.07) is 14.2. The van der Waals surface area contributed by atoms with Gasteiger partial charge in [0.15, 0.2) is 10.6 Å². The summed E-state index contributed by atoms with van der Waals surface area (Å²) in [5.74, 6) is 0.439. The summed E-state index contributed by atoms with van der Waals surface area (Å²) in [7, 11) is -3.72. The number of halogens is 1. The summed E-state index contributed by atoms with van der Waals surface area (Å²) in [4.78, 5) is 14.7. The minimum atomic E-state index is -3.72. The highest BCUT2D eigenvalue weighted by Gasteiger charge is 2.31. The van der Waals surface area contributed by atoms with Crippen molar-refractivity contribution in [3.8, 4) is 11.4 Å². The number of carbonyl (C=O) groups excluding carboxylic acids is 1. The fraction of sp³-hybridized carbons (Fsp3) is 0.286. The van der Waals surface area contributed by atoms with Gasteiger partial charge in [-0.3, -0.25) is 14.5 Å². The third-order valence-electron chi connectivity index (χ3n) is 5.41. The van der Waals surface area contributed by atoms with Crippen LogP contribution in [0.15, 0.2) is 53.4 Å². The highest BCUT2D eigenvalue weighted by Crippen LogP contribution is 2.25. The summed E-state index contributed by atoms with van der Waals surface area (Å²) in [6.07, 6.45) is 0. The average Bonchev–Trinajstić information content (AvgIpc) is 3.14. The lowest BCUT2D eigenvalue weighted by atomic mass is 10.1. The molecule has 1 aliphatic heterocycles. The molecule has 1 aromatic heterocycles. The third kappa shape index (κ3) is 4.49. The van der Waals surface area contributed by atoms with E-state index in [0.29, 0.717) is 10.6 Å². The first-order chi connectivity index (χ1) is 15.3. The van der Waals surface area contributed by atoms with E-state index in [1.54, 1.807) is 27.7 Å². The Balaban J connectivity index is 1.45. The minimum absolute atomic E-state index is 0.0236. The van der Waals surface area contributed by atoms with Crippen molar-refractivity contribution in [2.75, 3.05) is 26.2 Å². The number of nitrogens with zero attached hydrogens (tertiary/aromatic N) is 4. The number of aryl methyl sites for hydroxylation is 1. The lowest BCUT2D eigenvalue weighted by molar-refractivity contribution is -0.133. The number of sulfonamides is 1. The predicted molar refractivity (Wildman–Crippen MR) is 124 cm³/mol. The molecule has 1 fully saturated rings.